The molecule has 0 radical (unpaired) electrons. The maximum Gasteiger partial charge on any atom is 0.408 e. The van der Waals surface area contributed by atoms with E-state index in [1.54, 1.807) is 25.0 Å². The Kier molecular flexibility index (Phi) is 13.5. The lowest BCUT2D eigenvalue weighted by Crippen LogP contribution is -2.50. The number of carbonyl (C=O) groups is 2. The van der Waals surface area contributed by atoms with Crippen LogP contribution in [-0.2, 0) is 36.8 Å². The molecule has 0 aliphatic rings. The third-order valence-electron chi connectivity index (χ3n) is 8.04. The van der Waals surface area contributed by atoms with Crippen molar-refractivity contribution in [3.8, 4) is 0 Å². The van der Waals surface area contributed by atoms with Crippen molar-refractivity contribution in [3.63, 3.8) is 0 Å². The smallest absolute Gasteiger partial charge is 0.408 e. The van der Waals surface area contributed by atoms with Crippen LogP contribution >= 0.6 is 0 Å². The van der Waals surface area contributed by atoms with E-state index >= 15 is 0 Å². The fourth-order valence-electron chi connectivity index (χ4n) is 5.14. The molecule has 3 rings (SSSR count). The Morgan fingerprint density at radius 3 is 2.21 bits per heavy atom. The van der Waals surface area contributed by atoms with Crippen LogP contribution in [-0.4, -0.2) is 43.3 Å². The second kappa shape index (κ2) is 17.3. The summed E-state index contributed by atoms with van der Waals surface area (Å²) in [5.41, 5.74) is 1.17. The van der Waals surface area contributed by atoms with Crippen molar-refractivity contribution < 1.29 is 14.3 Å². The molecule has 0 bridgehead atoms. The van der Waals surface area contributed by atoms with E-state index in [-0.39, 0.29) is 29.7 Å². The largest absolute Gasteiger partial charge is 0.445 e. The molecule has 0 spiro atoms. The first kappa shape index (κ1) is 33.6. The molecule has 11 nitrogen and oxygen atoms in total. The molecule has 2 aromatic heterocycles. The van der Waals surface area contributed by atoms with E-state index in [2.05, 4.69) is 15.6 Å². The number of aromatic nitrogens is 4. The molecule has 43 heavy (non-hydrogen) atoms. The summed E-state index contributed by atoms with van der Waals surface area (Å²) in [4.78, 5) is 54.6. The molecule has 3 aromatic rings. The number of fused-ring (bicyclic) bond motifs is 1. The van der Waals surface area contributed by atoms with Gasteiger partial charge in [0.2, 0.25) is 5.91 Å². The van der Waals surface area contributed by atoms with E-state index in [0.717, 1.165) is 69.8 Å². The number of hydrogen-bond acceptors (Lipinski definition) is 6. The molecular weight excluding hydrogens is 548 g/mol. The van der Waals surface area contributed by atoms with E-state index in [4.69, 9.17) is 4.74 Å². The van der Waals surface area contributed by atoms with Crippen LogP contribution in [0.15, 0.2) is 46.2 Å². The van der Waals surface area contributed by atoms with Gasteiger partial charge in [0.15, 0.2) is 11.2 Å². The standard InChI is InChI=1S/C32H48N6O5/c1-5-24(2)26(35-31(41)43-22-25-18-14-13-15-19-25)29(39)33-20-16-11-9-7-6-8-10-12-17-21-38-30(40)27-28(34-23-36(27)3)37(4)32(38)42/h13-15,18-19,23-24,26H,5-12,16-17,20-22H2,1-4H3,(H,33,39)(H,35,41). The van der Waals surface area contributed by atoms with Crippen LogP contribution in [0.4, 0.5) is 4.79 Å². The number of ether oxygens (including phenoxy) is 1. The predicted octanol–water partition coefficient (Wildman–Crippen LogP) is 4.40. The molecule has 0 saturated carbocycles. The Morgan fingerprint density at radius 1 is 0.930 bits per heavy atom. The van der Waals surface area contributed by atoms with Crippen LogP contribution in [0, 0.1) is 5.92 Å². The van der Waals surface area contributed by atoms with Gasteiger partial charge in [-0.2, -0.15) is 0 Å². The lowest BCUT2D eigenvalue weighted by molar-refractivity contribution is -0.124. The molecule has 2 heterocycles. The summed E-state index contributed by atoms with van der Waals surface area (Å²) < 4.78 is 9.72. The molecule has 2 N–H and O–H groups in total. The van der Waals surface area contributed by atoms with Crippen molar-refractivity contribution in [1.29, 1.82) is 0 Å². The first-order chi connectivity index (χ1) is 20.7. The molecule has 1 aromatic carbocycles. The highest BCUT2D eigenvalue weighted by Gasteiger charge is 2.26. The fourth-order valence-corrected chi connectivity index (χ4v) is 5.14. The quantitative estimate of drug-likeness (QED) is 0.210. The van der Waals surface area contributed by atoms with Crippen molar-refractivity contribution >= 4 is 23.2 Å². The number of alkyl carbamates (subject to hydrolysis) is 1. The third kappa shape index (κ3) is 9.83. The van der Waals surface area contributed by atoms with Crippen molar-refractivity contribution in [2.45, 2.75) is 97.2 Å². The van der Waals surface area contributed by atoms with Gasteiger partial charge in [-0.05, 0) is 24.3 Å². The van der Waals surface area contributed by atoms with Gasteiger partial charge >= 0.3 is 11.8 Å². The minimum atomic E-state index is -0.632. The zero-order valence-corrected chi connectivity index (χ0v) is 26.1. The monoisotopic (exact) mass is 596 g/mol. The highest BCUT2D eigenvalue weighted by Crippen LogP contribution is 2.12. The fraction of sp³-hybridized carbons (Fsp3) is 0.594. The van der Waals surface area contributed by atoms with Crippen molar-refractivity contribution in [1.82, 2.24) is 29.3 Å². The van der Waals surface area contributed by atoms with Crippen molar-refractivity contribution in [3.05, 3.63) is 63.1 Å². The summed E-state index contributed by atoms with van der Waals surface area (Å²) in [6, 6.07) is 8.81. The molecule has 0 saturated heterocycles. The summed E-state index contributed by atoms with van der Waals surface area (Å²) in [6.07, 6.45) is 11.0. The van der Waals surface area contributed by atoms with Crippen LogP contribution in [0.1, 0.15) is 83.6 Å². The van der Waals surface area contributed by atoms with Gasteiger partial charge in [0.1, 0.15) is 12.6 Å². The van der Waals surface area contributed by atoms with Gasteiger partial charge < -0.3 is 19.9 Å². The van der Waals surface area contributed by atoms with E-state index in [0.29, 0.717) is 24.3 Å². The molecule has 11 heteroatoms. The van der Waals surface area contributed by atoms with Crippen molar-refractivity contribution in [2.75, 3.05) is 6.54 Å². The van der Waals surface area contributed by atoms with Crippen molar-refractivity contribution in [2.24, 2.45) is 20.0 Å². The second-order valence-corrected chi connectivity index (χ2v) is 11.4. The predicted molar refractivity (Wildman–Crippen MR) is 168 cm³/mol. The lowest BCUT2D eigenvalue weighted by atomic mass is 9.98. The maximum atomic E-state index is 12.8. The Labute approximate surface area is 253 Å². The summed E-state index contributed by atoms with van der Waals surface area (Å²) >= 11 is 0. The lowest BCUT2D eigenvalue weighted by Gasteiger charge is -2.23. The summed E-state index contributed by atoms with van der Waals surface area (Å²) in [5.74, 6) is -0.188. The van der Waals surface area contributed by atoms with Crippen LogP contribution in [0.5, 0.6) is 0 Å². The van der Waals surface area contributed by atoms with Gasteiger partial charge in [0.05, 0.1) is 6.33 Å². The molecule has 2 unspecified atom stereocenters. The van der Waals surface area contributed by atoms with Gasteiger partial charge in [-0.1, -0.05) is 95.5 Å². The maximum absolute atomic E-state index is 12.8. The molecular formula is C32H48N6O5. The molecule has 2 atom stereocenters. The number of amides is 2. The number of hydrogen-bond donors (Lipinski definition) is 2. The SMILES string of the molecule is CCC(C)C(NC(=O)OCc1ccccc1)C(=O)NCCCCCCCCCCCn1c(=O)c2c(ncn2C)n(C)c1=O. The zero-order valence-electron chi connectivity index (χ0n) is 26.1. The number of nitrogens with zero attached hydrogens (tertiary/aromatic N) is 4. The van der Waals surface area contributed by atoms with E-state index in [1.807, 2.05) is 44.2 Å². The molecule has 0 aliphatic carbocycles. The highest BCUT2D eigenvalue weighted by molar-refractivity contribution is 5.85. The summed E-state index contributed by atoms with van der Waals surface area (Å²) in [6.45, 7) is 5.10. The number of unbranched alkanes of at least 4 members (excludes halogenated alkanes) is 8. The number of carbonyl (C=O) groups excluding carboxylic acids is 2. The first-order valence-electron chi connectivity index (χ1n) is 15.6. The topological polar surface area (TPSA) is 129 Å². The molecule has 2 amide bonds. The third-order valence-corrected chi connectivity index (χ3v) is 8.04. The average Bonchev–Trinajstić information content (AvgIpc) is 3.41. The number of benzene rings is 1. The van der Waals surface area contributed by atoms with Gasteiger partial charge in [0, 0.05) is 27.2 Å². The second-order valence-electron chi connectivity index (χ2n) is 11.4. The normalized spacial score (nSPS) is 12.7. The van der Waals surface area contributed by atoms with Gasteiger partial charge in [0.25, 0.3) is 5.56 Å². The minimum absolute atomic E-state index is 0.0136. The average molecular weight is 597 g/mol. The molecule has 0 fully saturated rings. The minimum Gasteiger partial charge on any atom is -0.445 e. The Bertz CT molecular complexity index is 1430. The van der Waals surface area contributed by atoms with Crippen LogP contribution in [0.3, 0.4) is 0 Å². The number of nitrogens with one attached hydrogen (secondary N) is 2. The van der Waals surface area contributed by atoms with Crippen LogP contribution in [0.2, 0.25) is 0 Å². The van der Waals surface area contributed by atoms with Crippen LogP contribution < -0.4 is 21.9 Å². The van der Waals surface area contributed by atoms with E-state index in [1.165, 1.54) is 9.13 Å². The number of imidazole rings is 1. The Hall–Kier alpha value is -3.89. The van der Waals surface area contributed by atoms with Crippen LogP contribution in [0.25, 0.3) is 11.2 Å². The highest BCUT2D eigenvalue weighted by atomic mass is 16.5. The Morgan fingerprint density at radius 2 is 1.56 bits per heavy atom. The summed E-state index contributed by atoms with van der Waals surface area (Å²) in [7, 11) is 3.41. The number of aryl methyl sites for hydroxylation is 2. The van der Waals surface area contributed by atoms with Gasteiger partial charge in [-0.3, -0.25) is 18.7 Å². The first-order valence-corrected chi connectivity index (χ1v) is 15.6. The number of rotatable bonds is 18. The zero-order chi connectivity index (χ0) is 31.2. The summed E-state index contributed by atoms with van der Waals surface area (Å²) in [5, 5.41) is 5.72. The Balaban J connectivity index is 1.25. The van der Waals surface area contributed by atoms with E-state index in [9.17, 15) is 19.2 Å². The molecule has 0 aliphatic heterocycles. The molecule has 236 valence electrons. The van der Waals surface area contributed by atoms with Gasteiger partial charge in [-0.25, -0.2) is 14.6 Å². The van der Waals surface area contributed by atoms with Gasteiger partial charge in [-0.15, -0.1) is 0 Å². The van der Waals surface area contributed by atoms with E-state index < -0.39 is 12.1 Å².